The van der Waals surface area contributed by atoms with Crippen molar-refractivity contribution in [2.24, 2.45) is 5.41 Å². The van der Waals surface area contributed by atoms with Gasteiger partial charge in [-0.25, -0.2) is 0 Å². The number of hydrogen-bond donors (Lipinski definition) is 0. The Morgan fingerprint density at radius 1 is 0.812 bits per heavy atom. The highest BCUT2D eigenvalue weighted by Gasteiger charge is 2.28. The molecule has 0 aromatic heterocycles. The van der Waals surface area contributed by atoms with Crippen molar-refractivity contribution in [2.75, 3.05) is 54.9 Å². The third-order valence-corrected chi connectivity index (χ3v) is 2.36. The molecule has 0 amide bonds. The second kappa shape index (κ2) is 8.93. The second-order valence-corrected chi connectivity index (χ2v) is 4.47. The summed E-state index contributed by atoms with van der Waals surface area (Å²) in [5.41, 5.74) is -0.0180. The summed E-state index contributed by atoms with van der Waals surface area (Å²) in [6.45, 7) is 4.72. The molecule has 0 aromatic carbocycles. The van der Waals surface area contributed by atoms with Crippen LogP contribution in [-0.4, -0.2) is 54.9 Å². The zero-order valence-electron chi connectivity index (χ0n) is 11.2. The zero-order chi connectivity index (χ0) is 12.4. The van der Waals surface area contributed by atoms with Crippen LogP contribution < -0.4 is 0 Å². The molecule has 0 atom stereocenters. The lowest BCUT2D eigenvalue weighted by Gasteiger charge is -2.31. The SMILES string of the molecule is COC[C](COC)CC(C)(COC)COC. The predicted octanol–water partition coefficient (Wildman–Crippen LogP) is 1.54. The van der Waals surface area contributed by atoms with Crippen molar-refractivity contribution < 1.29 is 18.9 Å². The molecule has 4 nitrogen and oxygen atoms in total. The maximum atomic E-state index is 5.24. The van der Waals surface area contributed by atoms with Crippen LogP contribution in [0.1, 0.15) is 13.3 Å². The average Bonchev–Trinajstić information content (AvgIpc) is 2.18. The van der Waals surface area contributed by atoms with Gasteiger partial charge in [-0.2, -0.15) is 0 Å². The fourth-order valence-corrected chi connectivity index (χ4v) is 2.00. The maximum Gasteiger partial charge on any atom is 0.0548 e. The van der Waals surface area contributed by atoms with Crippen molar-refractivity contribution in [2.45, 2.75) is 13.3 Å². The quantitative estimate of drug-likeness (QED) is 0.573. The van der Waals surface area contributed by atoms with E-state index in [-0.39, 0.29) is 5.41 Å². The molecule has 0 rings (SSSR count). The monoisotopic (exact) mass is 233 g/mol. The molecule has 0 N–H and O–H groups in total. The Morgan fingerprint density at radius 2 is 1.25 bits per heavy atom. The Kier molecular flexibility index (Phi) is 8.84. The minimum Gasteiger partial charge on any atom is -0.384 e. The molecule has 97 valence electrons. The highest BCUT2D eigenvalue weighted by molar-refractivity contribution is 4.96. The van der Waals surface area contributed by atoms with Gasteiger partial charge >= 0.3 is 0 Å². The van der Waals surface area contributed by atoms with Crippen LogP contribution in [0.5, 0.6) is 0 Å². The van der Waals surface area contributed by atoms with Gasteiger partial charge in [0.25, 0.3) is 0 Å². The van der Waals surface area contributed by atoms with Gasteiger partial charge in [0.1, 0.15) is 0 Å². The van der Waals surface area contributed by atoms with E-state index in [1.54, 1.807) is 28.4 Å². The highest BCUT2D eigenvalue weighted by Crippen LogP contribution is 2.28. The van der Waals surface area contributed by atoms with E-state index >= 15 is 0 Å². The van der Waals surface area contributed by atoms with Gasteiger partial charge in [-0.3, -0.25) is 0 Å². The zero-order valence-corrected chi connectivity index (χ0v) is 11.2. The van der Waals surface area contributed by atoms with Gasteiger partial charge in [0.2, 0.25) is 0 Å². The van der Waals surface area contributed by atoms with Crippen molar-refractivity contribution in [3.63, 3.8) is 0 Å². The van der Waals surface area contributed by atoms with Crippen molar-refractivity contribution >= 4 is 0 Å². The van der Waals surface area contributed by atoms with Gasteiger partial charge < -0.3 is 18.9 Å². The van der Waals surface area contributed by atoms with E-state index in [0.717, 1.165) is 6.42 Å². The van der Waals surface area contributed by atoms with Crippen LogP contribution in [0.25, 0.3) is 0 Å². The molecule has 0 fully saturated rings. The standard InChI is InChI=1S/C12H25O4/c1-12(9-15-4,10-16-5)6-11(7-13-2)8-14-3/h6-10H2,1-5H3. The first kappa shape index (κ1) is 15.8. The van der Waals surface area contributed by atoms with Crippen molar-refractivity contribution in [1.29, 1.82) is 0 Å². The van der Waals surface area contributed by atoms with E-state index in [9.17, 15) is 0 Å². The van der Waals surface area contributed by atoms with Gasteiger partial charge in [0.15, 0.2) is 0 Å². The summed E-state index contributed by atoms with van der Waals surface area (Å²) in [7, 11) is 6.81. The van der Waals surface area contributed by atoms with E-state index in [2.05, 4.69) is 6.92 Å². The van der Waals surface area contributed by atoms with E-state index in [1.165, 1.54) is 5.92 Å². The Labute approximate surface area is 99.2 Å². The maximum absolute atomic E-state index is 5.24. The molecule has 0 bridgehead atoms. The molecule has 0 aromatic rings. The van der Waals surface area contributed by atoms with Gasteiger partial charge in [0.05, 0.1) is 26.4 Å². The number of hydrogen-bond acceptors (Lipinski definition) is 4. The summed E-state index contributed by atoms with van der Waals surface area (Å²) in [5.74, 6) is 1.22. The van der Waals surface area contributed by atoms with Crippen LogP contribution in [0.15, 0.2) is 0 Å². The minimum atomic E-state index is -0.0180. The van der Waals surface area contributed by atoms with Gasteiger partial charge in [-0.1, -0.05) is 6.92 Å². The Bertz CT molecular complexity index is 149. The van der Waals surface area contributed by atoms with Gasteiger partial charge in [-0.15, -0.1) is 0 Å². The summed E-state index contributed by atoms with van der Waals surface area (Å²) in [5, 5.41) is 0. The topological polar surface area (TPSA) is 36.9 Å². The third-order valence-electron chi connectivity index (χ3n) is 2.36. The van der Waals surface area contributed by atoms with E-state index < -0.39 is 0 Å². The van der Waals surface area contributed by atoms with Crippen molar-refractivity contribution in [3.8, 4) is 0 Å². The molecule has 0 aliphatic heterocycles. The van der Waals surface area contributed by atoms with E-state index in [4.69, 9.17) is 18.9 Å². The molecular formula is C12H25O4. The van der Waals surface area contributed by atoms with Crippen LogP contribution in [-0.2, 0) is 18.9 Å². The molecule has 0 saturated carbocycles. The summed E-state index contributed by atoms with van der Waals surface area (Å²) in [4.78, 5) is 0. The normalized spacial score (nSPS) is 12.4. The Morgan fingerprint density at radius 3 is 1.56 bits per heavy atom. The molecule has 0 unspecified atom stereocenters. The molecule has 0 aliphatic carbocycles. The number of ether oxygens (including phenoxy) is 4. The fourth-order valence-electron chi connectivity index (χ4n) is 2.00. The molecule has 1 radical (unpaired) electrons. The number of methoxy groups -OCH3 is 4. The Balaban J connectivity index is 4.30. The average molecular weight is 233 g/mol. The van der Waals surface area contributed by atoms with E-state index in [0.29, 0.717) is 26.4 Å². The Hall–Kier alpha value is -0.160. The third kappa shape index (κ3) is 6.43. The first-order valence-electron chi connectivity index (χ1n) is 5.41. The van der Waals surface area contributed by atoms with Crippen molar-refractivity contribution in [1.82, 2.24) is 0 Å². The molecule has 0 aliphatic rings. The fraction of sp³-hybridized carbons (Fsp3) is 0.917. The van der Waals surface area contributed by atoms with Crippen LogP contribution in [0.4, 0.5) is 0 Å². The molecular weight excluding hydrogens is 208 g/mol. The van der Waals surface area contributed by atoms with E-state index in [1.807, 2.05) is 0 Å². The first-order valence-corrected chi connectivity index (χ1v) is 5.41. The van der Waals surface area contributed by atoms with Crippen LogP contribution >= 0.6 is 0 Å². The second-order valence-electron chi connectivity index (χ2n) is 4.47. The lowest BCUT2D eigenvalue weighted by Crippen LogP contribution is -2.32. The smallest absolute Gasteiger partial charge is 0.0548 e. The summed E-state index contributed by atoms with van der Waals surface area (Å²) < 4.78 is 20.8. The van der Waals surface area contributed by atoms with Crippen LogP contribution in [0, 0.1) is 11.3 Å². The molecule has 0 heterocycles. The van der Waals surface area contributed by atoms with Gasteiger partial charge in [0, 0.05) is 39.8 Å². The molecule has 0 spiro atoms. The summed E-state index contributed by atoms with van der Waals surface area (Å²) >= 11 is 0. The highest BCUT2D eigenvalue weighted by atomic mass is 16.5. The molecule has 16 heavy (non-hydrogen) atoms. The predicted molar refractivity (Wildman–Crippen MR) is 63.5 cm³/mol. The van der Waals surface area contributed by atoms with Crippen molar-refractivity contribution in [3.05, 3.63) is 5.92 Å². The lowest BCUT2D eigenvalue weighted by atomic mass is 9.82. The number of rotatable bonds is 10. The lowest BCUT2D eigenvalue weighted by molar-refractivity contribution is 0.0114. The van der Waals surface area contributed by atoms with Crippen LogP contribution in [0.3, 0.4) is 0 Å². The minimum absolute atomic E-state index is 0.0180. The largest absolute Gasteiger partial charge is 0.384 e. The summed E-state index contributed by atoms with van der Waals surface area (Å²) in [6, 6.07) is 0. The molecule has 4 heteroatoms. The first-order chi connectivity index (χ1) is 7.61. The van der Waals surface area contributed by atoms with Gasteiger partial charge in [-0.05, 0) is 6.42 Å². The molecule has 0 saturated heterocycles. The summed E-state index contributed by atoms with van der Waals surface area (Å²) in [6.07, 6.45) is 0.885. The van der Waals surface area contributed by atoms with Crippen LogP contribution in [0.2, 0.25) is 0 Å².